The number of aromatic nitrogens is 2. The smallest absolute Gasteiger partial charge is 0.109 e. The predicted molar refractivity (Wildman–Crippen MR) is 62.2 cm³/mol. The van der Waals surface area contributed by atoms with Gasteiger partial charge in [-0.15, -0.1) is 11.6 Å². The molecular weight excluding hydrogens is 210 g/mol. The third-order valence-electron chi connectivity index (χ3n) is 2.98. The van der Waals surface area contributed by atoms with Gasteiger partial charge in [0, 0.05) is 50.9 Å². The Balaban J connectivity index is 1.82. The molecule has 0 atom stereocenters. The van der Waals surface area contributed by atoms with Crippen molar-refractivity contribution in [1.82, 2.24) is 14.5 Å². The summed E-state index contributed by atoms with van der Waals surface area (Å²) in [4.78, 5) is 6.82. The van der Waals surface area contributed by atoms with Crippen molar-refractivity contribution in [2.45, 2.75) is 25.3 Å². The zero-order valence-electron chi connectivity index (χ0n) is 9.19. The Morgan fingerprint density at radius 1 is 1.53 bits per heavy atom. The van der Waals surface area contributed by atoms with Crippen molar-refractivity contribution < 1.29 is 0 Å². The summed E-state index contributed by atoms with van der Waals surface area (Å²) in [6, 6.07) is 0.795. The van der Waals surface area contributed by atoms with Crippen molar-refractivity contribution in [3.8, 4) is 0 Å². The van der Waals surface area contributed by atoms with E-state index in [0.29, 0.717) is 0 Å². The van der Waals surface area contributed by atoms with E-state index >= 15 is 0 Å². The van der Waals surface area contributed by atoms with Gasteiger partial charge >= 0.3 is 0 Å². The number of alkyl halides is 1. The summed E-state index contributed by atoms with van der Waals surface area (Å²) in [7, 11) is 2.05. The lowest BCUT2D eigenvalue weighted by atomic mass is 10.3. The van der Waals surface area contributed by atoms with E-state index in [2.05, 4.69) is 14.5 Å². The summed E-state index contributed by atoms with van der Waals surface area (Å²) in [6.45, 7) is 2.10. The van der Waals surface area contributed by atoms with Crippen LogP contribution in [0.15, 0.2) is 12.4 Å². The maximum Gasteiger partial charge on any atom is 0.109 e. The zero-order valence-corrected chi connectivity index (χ0v) is 9.95. The predicted octanol–water partition coefficient (Wildman–Crippen LogP) is 1.67. The van der Waals surface area contributed by atoms with Gasteiger partial charge in [0.15, 0.2) is 0 Å². The molecule has 3 nitrogen and oxygen atoms in total. The Hall–Kier alpha value is -0.540. The minimum atomic E-state index is 0.733. The highest BCUT2D eigenvalue weighted by Crippen LogP contribution is 2.26. The minimum absolute atomic E-state index is 0.733. The average molecular weight is 228 g/mol. The molecule has 84 valence electrons. The van der Waals surface area contributed by atoms with Gasteiger partial charge in [0.05, 0.1) is 0 Å². The van der Waals surface area contributed by atoms with Crippen LogP contribution in [0.2, 0.25) is 0 Å². The highest BCUT2D eigenvalue weighted by molar-refractivity contribution is 6.18. The lowest BCUT2D eigenvalue weighted by molar-refractivity contribution is 0.280. The van der Waals surface area contributed by atoms with Crippen LogP contribution in [0.3, 0.4) is 0 Å². The van der Waals surface area contributed by atoms with Crippen LogP contribution in [0.1, 0.15) is 18.7 Å². The molecular formula is C11H18ClN3. The second-order valence-electron chi connectivity index (χ2n) is 4.16. The van der Waals surface area contributed by atoms with Crippen LogP contribution in [-0.2, 0) is 13.5 Å². The Bertz CT molecular complexity index is 307. The van der Waals surface area contributed by atoms with Crippen LogP contribution in [0.25, 0.3) is 0 Å². The van der Waals surface area contributed by atoms with Crippen molar-refractivity contribution >= 4 is 11.6 Å². The van der Waals surface area contributed by atoms with Crippen molar-refractivity contribution in [3.63, 3.8) is 0 Å². The van der Waals surface area contributed by atoms with Gasteiger partial charge in [0.25, 0.3) is 0 Å². The van der Waals surface area contributed by atoms with Crippen LogP contribution >= 0.6 is 11.6 Å². The van der Waals surface area contributed by atoms with E-state index in [1.54, 1.807) is 0 Å². The summed E-state index contributed by atoms with van der Waals surface area (Å²) in [5.74, 6) is 1.90. The third kappa shape index (κ3) is 2.95. The van der Waals surface area contributed by atoms with Crippen LogP contribution in [-0.4, -0.2) is 39.5 Å². The van der Waals surface area contributed by atoms with E-state index in [1.165, 1.54) is 12.8 Å². The number of hydrogen-bond acceptors (Lipinski definition) is 2. The SMILES string of the molecule is Cn1ccnc1CCN(CCCl)C1CC1. The highest BCUT2D eigenvalue weighted by Gasteiger charge is 2.28. The van der Waals surface area contributed by atoms with Crippen molar-refractivity contribution in [2.24, 2.45) is 7.05 Å². The molecule has 0 saturated heterocycles. The summed E-state index contributed by atoms with van der Waals surface area (Å²) in [5.41, 5.74) is 0. The molecule has 1 aliphatic rings. The van der Waals surface area contributed by atoms with E-state index < -0.39 is 0 Å². The maximum absolute atomic E-state index is 5.80. The summed E-state index contributed by atoms with van der Waals surface area (Å²) in [6.07, 6.45) is 7.57. The molecule has 4 heteroatoms. The Morgan fingerprint density at radius 3 is 2.87 bits per heavy atom. The Kier molecular flexibility index (Phi) is 3.65. The molecule has 15 heavy (non-hydrogen) atoms. The molecule has 0 spiro atoms. The van der Waals surface area contributed by atoms with Gasteiger partial charge in [-0.3, -0.25) is 4.90 Å². The van der Waals surface area contributed by atoms with Crippen molar-refractivity contribution in [3.05, 3.63) is 18.2 Å². The van der Waals surface area contributed by atoms with Crippen LogP contribution in [0, 0.1) is 0 Å². The third-order valence-corrected chi connectivity index (χ3v) is 3.15. The molecule has 1 saturated carbocycles. The Morgan fingerprint density at radius 2 is 2.33 bits per heavy atom. The first-order valence-corrected chi connectivity index (χ1v) is 6.11. The van der Waals surface area contributed by atoms with E-state index in [1.807, 2.05) is 19.4 Å². The van der Waals surface area contributed by atoms with Crippen LogP contribution in [0.5, 0.6) is 0 Å². The molecule has 0 N–H and O–H groups in total. The molecule has 1 aromatic rings. The first kappa shape index (κ1) is 11.0. The summed E-state index contributed by atoms with van der Waals surface area (Å²) in [5, 5.41) is 0. The van der Waals surface area contributed by atoms with Gasteiger partial charge in [-0.25, -0.2) is 4.98 Å². The van der Waals surface area contributed by atoms with Gasteiger partial charge in [-0.1, -0.05) is 0 Å². The van der Waals surface area contributed by atoms with E-state index in [4.69, 9.17) is 11.6 Å². The van der Waals surface area contributed by atoms with Gasteiger partial charge < -0.3 is 4.57 Å². The fourth-order valence-electron chi connectivity index (χ4n) is 1.91. The lowest BCUT2D eigenvalue weighted by Crippen LogP contribution is -2.30. The number of aryl methyl sites for hydroxylation is 1. The molecule has 1 aromatic heterocycles. The fourth-order valence-corrected chi connectivity index (χ4v) is 2.12. The van der Waals surface area contributed by atoms with Gasteiger partial charge in [-0.2, -0.15) is 0 Å². The van der Waals surface area contributed by atoms with Gasteiger partial charge in [-0.05, 0) is 12.8 Å². The maximum atomic E-state index is 5.80. The summed E-state index contributed by atoms with van der Waals surface area (Å²) < 4.78 is 2.09. The molecule has 1 fully saturated rings. The number of nitrogens with zero attached hydrogens (tertiary/aromatic N) is 3. The molecule has 0 unspecified atom stereocenters. The molecule has 0 radical (unpaired) electrons. The first-order chi connectivity index (χ1) is 7.31. The first-order valence-electron chi connectivity index (χ1n) is 5.57. The quantitative estimate of drug-likeness (QED) is 0.690. The fraction of sp³-hybridized carbons (Fsp3) is 0.727. The number of rotatable bonds is 6. The lowest BCUT2D eigenvalue weighted by Gasteiger charge is -2.20. The second-order valence-corrected chi connectivity index (χ2v) is 4.54. The molecule has 1 heterocycles. The largest absolute Gasteiger partial charge is 0.338 e. The van der Waals surface area contributed by atoms with Gasteiger partial charge in [0.1, 0.15) is 5.82 Å². The molecule has 1 aliphatic carbocycles. The van der Waals surface area contributed by atoms with E-state index in [9.17, 15) is 0 Å². The second kappa shape index (κ2) is 4.99. The van der Waals surface area contributed by atoms with Crippen molar-refractivity contribution in [2.75, 3.05) is 19.0 Å². The minimum Gasteiger partial charge on any atom is -0.338 e. The average Bonchev–Trinajstić information content (AvgIpc) is 2.98. The Labute approximate surface area is 96.0 Å². The summed E-state index contributed by atoms with van der Waals surface area (Å²) >= 11 is 5.80. The van der Waals surface area contributed by atoms with Gasteiger partial charge in [0.2, 0.25) is 0 Å². The standard InChI is InChI=1S/C11H18ClN3/c1-14-9-6-13-11(14)4-7-15(8-5-12)10-2-3-10/h6,9-10H,2-5,7-8H2,1H3. The normalized spacial score (nSPS) is 16.2. The highest BCUT2D eigenvalue weighted by atomic mass is 35.5. The molecule has 0 bridgehead atoms. The number of hydrogen-bond donors (Lipinski definition) is 0. The number of halogens is 1. The van der Waals surface area contributed by atoms with Crippen LogP contribution in [0.4, 0.5) is 0 Å². The monoisotopic (exact) mass is 227 g/mol. The molecule has 0 amide bonds. The van der Waals surface area contributed by atoms with E-state index in [-0.39, 0.29) is 0 Å². The van der Waals surface area contributed by atoms with Crippen molar-refractivity contribution in [1.29, 1.82) is 0 Å². The molecule has 0 aliphatic heterocycles. The van der Waals surface area contributed by atoms with E-state index in [0.717, 1.165) is 37.3 Å². The molecule has 2 rings (SSSR count). The van der Waals surface area contributed by atoms with Crippen LogP contribution < -0.4 is 0 Å². The number of imidazole rings is 1. The topological polar surface area (TPSA) is 21.1 Å². The molecule has 0 aromatic carbocycles. The zero-order chi connectivity index (χ0) is 10.7.